The summed E-state index contributed by atoms with van der Waals surface area (Å²) >= 11 is 0. The van der Waals surface area contributed by atoms with Gasteiger partial charge in [0.15, 0.2) is 0 Å². The smallest absolute Gasteiger partial charge is 0.396 e. The van der Waals surface area contributed by atoms with Gasteiger partial charge < -0.3 is 5.11 Å². The van der Waals surface area contributed by atoms with Crippen molar-refractivity contribution in [2.24, 2.45) is 0 Å². The summed E-state index contributed by atoms with van der Waals surface area (Å²) in [4.78, 5) is 0. The van der Waals surface area contributed by atoms with Crippen LogP contribution in [0.25, 0.3) is 0 Å². The quantitative estimate of drug-likeness (QED) is 0.682. The van der Waals surface area contributed by atoms with Crippen molar-refractivity contribution in [1.29, 1.82) is 0 Å². The Kier molecular flexibility index (Phi) is 2.65. The Morgan fingerprint density at radius 1 is 1.25 bits per heavy atom. The zero-order valence-corrected chi connectivity index (χ0v) is 8.30. The van der Waals surface area contributed by atoms with E-state index in [9.17, 15) is 13.2 Å². The van der Waals surface area contributed by atoms with Crippen LogP contribution in [0.1, 0.15) is 11.1 Å². The van der Waals surface area contributed by atoms with Crippen LogP contribution < -0.4 is 10.9 Å². The third-order valence-electron chi connectivity index (χ3n) is 2.56. The van der Waals surface area contributed by atoms with E-state index in [4.69, 9.17) is 5.11 Å². The van der Waals surface area contributed by atoms with Crippen molar-refractivity contribution in [3.8, 4) is 0 Å². The Balaban J connectivity index is 2.31. The Morgan fingerprint density at radius 3 is 2.44 bits per heavy atom. The monoisotopic (exact) mass is 232 g/mol. The molecule has 88 valence electrons. The molecule has 3 N–H and O–H groups in total. The molecule has 1 fully saturated rings. The van der Waals surface area contributed by atoms with Gasteiger partial charge in [-0.2, -0.15) is 13.2 Å². The molecular formula is C10H11F3N2O. The zero-order valence-electron chi connectivity index (χ0n) is 8.30. The molecule has 0 aromatic heterocycles. The fourth-order valence-corrected chi connectivity index (χ4v) is 1.60. The molecule has 1 aromatic rings. The van der Waals surface area contributed by atoms with E-state index >= 15 is 0 Å². The van der Waals surface area contributed by atoms with Crippen LogP contribution in [-0.2, 0) is 12.1 Å². The molecule has 1 heterocycles. The topological polar surface area (TPSA) is 64.1 Å². The highest BCUT2D eigenvalue weighted by molar-refractivity contribution is 5.33. The van der Waals surface area contributed by atoms with Crippen molar-refractivity contribution in [1.82, 2.24) is 10.9 Å². The van der Waals surface area contributed by atoms with Gasteiger partial charge >= 0.3 is 6.18 Å². The molecule has 2 rings (SSSR count). The number of benzene rings is 1. The van der Waals surface area contributed by atoms with Crippen LogP contribution in [0.2, 0.25) is 0 Å². The Labute approximate surface area is 90.2 Å². The summed E-state index contributed by atoms with van der Waals surface area (Å²) in [6.07, 6.45) is -4.04. The van der Waals surface area contributed by atoms with Crippen molar-refractivity contribution >= 4 is 0 Å². The maximum absolute atomic E-state index is 12.7. The van der Waals surface area contributed by atoms with E-state index in [1.165, 1.54) is 12.1 Å². The number of hydrogen-bond donors (Lipinski definition) is 3. The number of nitrogens with one attached hydrogen (secondary N) is 2. The molecule has 0 radical (unpaired) electrons. The zero-order chi connectivity index (χ0) is 11.8. The third-order valence-corrected chi connectivity index (χ3v) is 2.56. The van der Waals surface area contributed by atoms with Gasteiger partial charge in [0.1, 0.15) is 0 Å². The standard InChI is InChI=1S/C10H11F3N2O/c11-10(12,13)9(14-15-9)8-3-1-2-7(6-8)4-5-16/h1-3,6,14-16H,4-5H2. The van der Waals surface area contributed by atoms with Crippen LogP contribution >= 0.6 is 0 Å². The van der Waals surface area contributed by atoms with Gasteiger partial charge in [-0.3, -0.25) is 0 Å². The lowest BCUT2D eigenvalue weighted by Crippen LogP contribution is -2.34. The lowest BCUT2D eigenvalue weighted by molar-refractivity contribution is -0.165. The first kappa shape index (κ1) is 11.4. The number of halogens is 3. The summed E-state index contributed by atoms with van der Waals surface area (Å²) in [6, 6.07) is 6.08. The van der Waals surface area contributed by atoms with Gasteiger partial charge in [-0.15, -0.1) is 0 Å². The Morgan fingerprint density at radius 2 is 1.94 bits per heavy atom. The number of rotatable bonds is 3. The number of aliphatic hydroxyl groups excluding tert-OH is 1. The summed E-state index contributed by atoms with van der Waals surface area (Å²) in [6.45, 7) is -0.0800. The molecule has 0 atom stereocenters. The van der Waals surface area contributed by atoms with Crippen molar-refractivity contribution < 1.29 is 18.3 Å². The predicted octanol–water partition coefficient (Wildman–Crippen LogP) is 1.04. The summed E-state index contributed by atoms with van der Waals surface area (Å²) in [5.41, 5.74) is 2.96. The molecule has 6 heteroatoms. The fourth-order valence-electron chi connectivity index (χ4n) is 1.60. The average Bonchev–Trinajstić information content (AvgIpc) is 2.98. The first-order valence-electron chi connectivity index (χ1n) is 4.81. The summed E-state index contributed by atoms with van der Waals surface area (Å²) in [5.74, 6) is 0. The van der Waals surface area contributed by atoms with Crippen LogP contribution in [0.5, 0.6) is 0 Å². The van der Waals surface area contributed by atoms with Crippen molar-refractivity contribution in [2.75, 3.05) is 6.61 Å². The molecule has 0 bridgehead atoms. The van der Waals surface area contributed by atoms with Crippen LogP contribution in [0.15, 0.2) is 24.3 Å². The van der Waals surface area contributed by atoms with Crippen molar-refractivity contribution in [3.63, 3.8) is 0 Å². The minimum atomic E-state index is -4.38. The van der Waals surface area contributed by atoms with Crippen LogP contribution in [0, 0.1) is 0 Å². The predicted molar refractivity (Wildman–Crippen MR) is 51.2 cm³/mol. The summed E-state index contributed by atoms with van der Waals surface area (Å²) in [7, 11) is 0. The van der Waals surface area contributed by atoms with E-state index in [0.29, 0.717) is 12.0 Å². The molecule has 0 saturated carbocycles. The van der Waals surface area contributed by atoms with E-state index in [1.807, 2.05) is 0 Å². The van der Waals surface area contributed by atoms with Crippen molar-refractivity contribution in [2.45, 2.75) is 18.3 Å². The van der Waals surface area contributed by atoms with E-state index < -0.39 is 11.8 Å². The van der Waals surface area contributed by atoms with Gasteiger partial charge in [0.2, 0.25) is 5.66 Å². The second-order valence-corrected chi connectivity index (χ2v) is 3.67. The summed E-state index contributed by atoms with van der Waals surface area (Å²) < 4.78 is 38.2. The summed E-state index contributed by atoms with van der Waals surface area (Å²) in [5, 5.41) is 8.74. The molecular weight excluding hydrogens is 221 g/mol. The fraction of sp³-hybridized carbons (Fsp3) is 0.400. The lowest BCUT2D eigenvalue weighted by atomic mass is 10.00. The number of alkyl halides is 3. The van der Waals surface area contributed by atoms with Gasteiger partial charge in [0.05, 0.1) is 0 Å². The molecule has 0 unspecified atom stereocenters. The van der Waals surface area contributed by atoms with Gasteiger partial charge in [-0.05, 0) is 17.5 Å². The van der Waals surface area contributed by atoms with E-state index in [0.717, 1.165) is 0 Å². The molecule has 1 aliphatic heterocycles. The molecule has 3 nitrogen and oxygen atoms in total. The van der Waals surface area contributed by atoms with E-state index in [1.54, 1.807) is 12.1 Å². The second-order valence-electron chi connectivity index (χ2n) is 3.67. The van der Waals surface area contributed by atoms with Crippen molar-refractivity contribution in [3.05, 3.63) is 35.4 Å². The van der Waals surface area contributed by atoms with Crippen LogP contribution in [0.4, 0.5) is 13.2 Å². The minimum absolute atomic E-state index is 0.0800. The molecule has 16 heavy (non-hydrogen) atoms. The van der Waals surface area contributed by atoms with Gasteiger partial charge in [0.25, 0.3) is 0 Å². The number of hydrazine groups is 1. The van der Waals surface area contributed by atoms with E-state index in [-0.39, 0.29) is 12.2 Å². The molecule has 1 saturated heterocycles. The molecule has 0 amide bonds. The first-order valence-corrected chi connectivity index (χ1v) is 4.81. The molecule has 0 aliphatic carbocycles. The van der Waals surface area contributed by atoms with Crippen LogP contribution in [-0.4, -0.2) is 17.9 Å². The highest BCUT2D eigenvalue weighted by Gasteiger charge is 2.65. The Hall–Kier alpha value is -1.11. The number of hydrogen-bond acceptors (Lipinski definition) is 3. The normalized spacial score (nSPS) is 18.5. The third kappa shape index (κ3) is 1.79. The number of aliphatic hydroxyl groups is 1. The largest absolute Gasteiger partial charge is 0.426 e. The molecule has 1 aliphatic rings. The van der Waals surface area contributed by atoms with Gasteiger partial charge in [-0.25, -0.2) is 10.9 Å². The highest BCUT2D eigenvalue weighted by atomic mass is 19.4. The molecule has 0 spiro atoms. The SMILES string of the molecule is OCCc1cccc(C2(C(F)(F)F)NN2)c1. The van der Waals surface area contributed by atoms with E-state index in [2.05, 4.69) is 10.9 Å². The first-order chi connectivity index (χ1) is 7.49. The van der Waals surface area contributed by atoms with Gasteiger partial charge in [0, 0.05) is 6.61 Å². The van der Waals surface area contributed by atoms with Crippen LogP contribution in [0.3, 0.4) is 0 Å². The molecule has 1 aromatic carbocycles. The Bertz CT molecular complexity index is 388. The maximum atomic E-state index is 12.7. The lowest BCUT2D eigenvalue weighted by Gasteiger charge is -2.16. The highest BCUT2D eigenvalue weighted by Crippen LogP contribution is 2.42. The maximum Gasteiger partial charge on any atom is 0.426 e. The van der Waals surface area contributed by atoms with Gasteiger partial charge in [-0.1, -0.05) is 24.3 Å². The minimum Gasteiger partial charge on any atom is -0.396 e. The second kappa shape index (κ2) is 3.73. The average molecular weight is 232 g/mol.